The van der Waals surface area contributed by atoms with Crippen LogP contribution in [-0.4, -0.2) is 45.7 Å². The number of aliphatic hydroxyl groups is 2. The summed E-state index contributed by atoms with van der Waals surface area (Å²) in [4.78, 5) is 11.2. The number of ether oxygens (including phenoxy) is 1. The molecule has 4 atom stereocenters. The van der Waals surface area contributed by atoms with Crippen molar-refractivity contribution in [3.63, 3.8) is 0 Å². The molecule has 6 nitrogen and oxygen atoms in total. The van der Waals surface area contributed by atoms with E-state index in [2.05, 4.69) is 23.7 Å². The molecule has 1 aliphatic heterocycles. The third-order valence-corrected chi connectivity index (χ3v) is 2.89. The number of rotatable bonds is 1. The van der Waals surface area contributed by atoms with Gasteiger partial charge in [-0.05, 0) is 24.0 Å². The molecule has 108 valence electrons. The van der Waals surface area contributed by atoms with Crippen molar-refractivity contribution >= 4 is 5.91 Å². The molecule has 0 saturated carbocycles. The van der Waals surface area contributed by atoms with Gasteiger partial charge in [0.1, 0.15) is 18.3 Å². The molecule has 2 rings (SSSR count). The zero-order chi connectivity index (χ0) is 15.2. The molecule has 0 radical (unpaired) electrons. The van der Waals surface area contributed by atoms with Crippen molar-refractivity contribution in [1.82, 2.24) is 5.48 Å². The van der Waals surface area contributed by atoms with Crippen LogP contribution in [0, 0.1) is 23.7 Å². The highest BCUT2D eigenvalue weighted by Gasteiger charge is 2.45. The van der Waals surface area contributed by atoms with Gasteiger partial charge in [-0.2, -0.15) is 0 Å². The lowest BCUT2D eigenvalue weighted by molar-refractivity contribution is -0.143. The lowest BCUT2D eigenvalue weighted by Crippen LogP contribution is -2.41. The summed E-state index contributed by atoms with van der Waals surface area (Å²) in [5.41, 5.74) is 2.15. The van der Waals surface area contributed by atoms with Crippen molar-refractivity contribution in [2.75, 3.05) is 0 Å². The number of hydrogen-bond donors (Lipinski definition) is 4. The summed E-state index contributed by atoms with van der Waals surface area (Å²) in [6.07, 6.45) is -5.23. The lowest BCUT2D eigenvalue weighted by Gasteiger charge is -2.11. The smallest absolute Gasteiger partial charge is 0.275 e. The molecule has 0 aromatic heterocycles. The molecule has 1 fully saturated rings. The van der Waals surface area contributed by atoms with Crippen molar-refractivity contribution in [2.45, 2.75) is 24.4 Å². The van der Waals surface area contributed by atoms with Crippen LogP contribution >= 0.6 is 0 Å². The zero-order valence-corrected chi connectivity index (χ0v) is 10.9. The summed E-state index contributed by atoms with van der Waals surface area (Å²) in [7, 11) is 0. The molecule has 1 saturated heterocycles. The number of hydroxylamine groups is 1. The van der Waals surface area contributed by atoms with E-state index >= 15 is 0 Å². The van der Waals surface area contributed by atoms with Crippen LogP contribution in [0.25, 0.3) is 0 Å². The van der Waals surface area contributed by atoms with E-state index in [1.54, 1.807) is 0 Å². The Labute approximate surface area is 121 Å². The maximum atomic E-state index is 11.2. The van der Waals surface area contributed by atoms with Crippen LogP contribution in [0.5, 0.6) is 0 Å². The minimum absolute atomic E-state index is 0.789. The van der Waals surface area contributed by atoms with Crippen molar-refractivity contribution in [3.05, 3.63) is 35.9 Å². The largest absolute Gasteiger partial charge is 0.387 e. The molecular weight excluding hydrogens is 274 g/mol. The molecule has 1 aliphatic rings. The van der Waals surface area contributed by atoms with Gasteiger partial charge in [0, 0.05) is 5.56 Å². The fraction of sp³-hybridized carbons (Fsp3) is 0.267. The predicted molar refractivity (Wildman–Crippen MR) is 71.7 cm³/mol. The van der Waals surface area contributed by atoms with Gasteiger partial charge in [0.05, 0.1) is 0 Å². The van der Waals surface area contributed by atoms with E-state index in [9.17, 15) is 15.0 Å². The van der Waals surface area contributed by atoms with E-state index in [1.807, 2.05) is 30.3 Å². The Morgan fingerprint density at radius 1 is 1.14 bits per heavy atom. The van der Waals surface area contributed by atoms with Gasteiger partial charge in [-0.25, -0.2) is 5.48 Å². The first kappa shape index (κ1) is 15.0. The highest BCUT2D eigenvalue weighted by atomic mass is 16.6. The molecule has 0 unspecified atom stereocenters. The van der Waals surface area contributed by atoms with Crippen molar-refractivity contribution < 1.29 is 25.0 Å². The number of amides is 1. The Balaban J connectivity index is 2.03. The Morgan fingerprint density at radius 2 is 1.86 bits per heavy atom. The molecule has 4 N–H and O–H groups in total. The topological polar surface area (TPSA) is 99.0 Å². The van der Waals surface area contributed by atoms with E-state index in [0.29, 0.717) is 0 Å². The number of hydrogen-bond acceptors (Lipinski definition) is 5. The molecule has 1 aromatic carbocycles. The van der Waals surface area contributed by atoms with Gasteiger partial charge >= 0.3 is 0 Å². The first-order valence-electron chi connectivity index (χ1n) is 6.15. The Hall–Kier alpha value is -2.35. The van der Waals surface area contributed by atoms with Gasteiger partial charge in [-0.15, -0.1) is 0 Å². The summed E-state index contributed by atoms with van der Waals surface area (Å²) >= 11 is 0. The summed E-state index contributed by atoms with van der Waals surface area (Å²) in [6.45, 7) is 0. The maximum Gasteiger partial charge on any atom is 0.275 e. The normalized spacial score (nSPS) is 27.0. The van der Waals surface area contributed by atoms with Gasteiger partial charge in [-0.1, -0.05) is 30.0 Å². The third-order valence-electron chi connectivity index (χ3n) is 2.89. The molecule has 0 aliphatic carbocycles. The van der Waals surface area contributed by atoms with E-state index < -0.39 is 30.3 Å². The van der Waals surface area contributed by atoms with Gasteiger partial charge in [-0.3, -0.25) is 10.0 Å². The number of benzene rings is 1. The van der Waals surface area contributed by atoms with Gasteiger partial charge in [0.2, 0.25) is 0 Å². The summed E-state index contributed by atoms with van der Waals surface area (Å²) in [6, 6.07) is 9.20. The second-order valence-corrected chi connectivity index (χ2v) is 4.32. The molecule has 6 heteroatoms. The SMILES string of the molecule is O=C(NO)[C@H]1O[C@H](C#CC#Cc2ccccc2)[C@@H](O)[C@H]1O. The van der Waals surface area contributed by atoms with Crippen molar-refractivity contribution in [2.24, 2.45) is 0 Å². The number of aliphatic hydroxyl groups excluding tert-OH is 2. The lowest BCUT2D eigenvalue weighted by atomic mass is 10.1. The van der Waals surface area contributed by atoms with E-state index in [0.717, 1.165) is 5.56 Å². The van der Waals surface area contributed by atoms with Gasteiger partial charge in [0.25, 0.3) is 5.91 Å². The monoisotopic (exact) mass is 287 g/mol. The molecule has 1 amide bonds. The van der Waals surface area contributed by atoms with Crippen LogP contribution in [0.3, 0.4) is 0 Å². The first-order valence-corrected chi connectivity index (χ1v) is 6.15. The van der Waals surface area contributed by atoms with Crippen LogP contribution in [0.15, 0.2) is 30.3 Å². The maximum absolute atomic E-state index is 11.2. The Bertz CT molecular complexity index is 622. The van der Waals surface area contributed by atoms with Crippen molar-refractivity contribution in [3.8, 4) is 23.7 Å². The third kappa shape index (κ3) is 3.60. The van der Waals surface area contributed by atoms with Crippen molar-refractivity contribution in [1.29, 1.82) is 0 Å². The van der Waals surface area contributed by atoms with Crippen LogP contribution < -0.4 is 5.48 Å². The number of nitrogens with one attached hydrogen (secondary N) is 1. The molecule has 0 bridgehead atoms. The Kier molecular flexibility index (Phi) is 4.94. The standard InChI is InChI=1S/C15H13NO5/c17-12-11(21-14(13(12)18)15(19)16-20)9-5-4-8-10-6-2-1-3-7-10/h1-3,6-7,11-14,17-18,20H,(H,16,19)/t11-,12-,13-,14+/m1/s1. The quantitative estimate of drug-likeness (QED) is 0.303. The highest BCUT2D eigenvalue weighted by Crippen LogP contribution is 2.20. The molecule has 1 heterocycles. The molecule has 21 heavy (non-hydrogen) atoms. The second kappa shape index (κ2) is 6.89. The Morgan fingerprint density at radius 3 is 2.52 bits per heavy atom. The second-order valence-electron chi connectivity index (χ2n) is 4.32. The van der Waals surface area contributed by atoms with Crippen LogP contribution in [0.2, 0.25) is 0 Å². The van der Waals surface area contributed by atoms with E-state index in [1.165, 1.54) is 5.48 Å². The zero-order valence-electron chi connectivity index (χ0n) is 10.9. The van der Waals surface area contributed by atoms with Gasteiger partial charge in [0.15, 0.2) is 6.10 Å². The molecular formula is C15H13NO5. The minimum atomic E-state index is -1.46. The summed E-state index contributed by atoms with van der Waals surface area (Å²) < 4.78 is 5.08. The minimum Gasteiger partial charge on any atom is -0.387 e. The summed E-state index contributed by atoms with van der Waals surface area (Å²) in [5, 5.41) is 27.8. The summed E-state index contributed by atoms with van der Waals surface area (Å²) in [5.74, 6) is 9.47. The highest BCUT2D eigenvalue weighted by molar-refractivity contribution is 5.80. The van der Waals surface area contributed by atoms with Crippen LogP contribution in [0.4, 0.5) is 0 Å². The van der Waals surface area contributed by atoms with E-state index in [-0.39, 0.29) is 0 Å². The molecule has 1 aromatic rings. The fourth-order valence-corrected chi connectivity index (χ4v) is 1.81. The predicted octanol–water partition coefficient (Wildman–Crippen LogP) is -0.964. The van der Waals surface area contributed by atoms with E-state index in [4.69, 9.17) is 9.94 Å². The van der Waals surface area contributed by atoms with Gasteiger partial charge < -0.3 is 14.9 Å². The van der Waals surface area contributed by atoms with Crippen LogP contribution in [0.1, 0.15) is 5.56 Å². The molecule has 0 spiro atoms. The number of carbonyl (C=O) groups excluding carboxylic acids is 1. The average molecular weight is 287 g/mol. The number of carbonyl (C=O) groups is 1. The first-order chi connectivity index (χ1) is 10.1. The average Bonchev–Trinajstić information content (AvgIpc) is 2.80. The fourth-order valence-electron chi connectivity index (χ4n) is 1.81. The van der Waals surface area contributed by atoms with Crippen LogP contribution in [-0.2, 0) is 9.53 Å².